The van der Waals surface area contributed by atoms with E-state index < -0.39 is 0 Å². The van der Waals surface area contributed by atoms with Crippen LogP contribution in [0.2, 0.25) is 0 Å². The maximum Gasteiger partial charge on any atom is 0.129 e. The molecule has 0 unspecified atom stereocenters. The summed E-state index contributed by atoms with van der Waals surface area (Å²) in [6.07, 6.45) is 0.936. The number of hydrogen-bond acceptors (Lipinski definition) is 4. The summed E-state index contributed by atoms with van der Waals surface area (Å²) in [5, 5.41) is 18.6. The van der Waals surface area contributed by atoms with Crippen molar-refractivity contribution < 1.29 is 19.7 Å². The summed E-state index contributed by atoms with van der Waals surface area (Å²) >= 11 is 0. The molecule has 0 heterocycles. The van der Waals surface area contributed by atoms with E-state index in [2.05, 4.69) is 0 Å². The van der Waals surface area contributed by atoms with Gasteiger partial charge in [-0.2, -0.15) is 0 Å². The number of ether oxygens (including phenoxy) is 2. The van der Waals surface area contributed by atoms with Gasteiger partial charge in [-0.15, -0.1) is 0 Å². The van der Waals surface area contributed by atoms with Crippen LogP contribution in [0.3, 0.4) is 0 Å². The molecule has 112 valence electrons. The average Bonchev–Trinajstić information content (AvgIpc) is 2.52. The smallest absolute Gasteiger partial charge is 0.129 e. The van der Waals surface area contributed by atoms with Crippen molar-refractivity contribution in [1.29, 1.82) is 0 Å². The van der Waals surface area contributed by atoms with Crippen molar-refractivity contribution in [2.45, 2.75) is 26.6 Å². The van der Waals surface area contributed by atoms with Crippen molar-refractivity contribution in [1.82, 2.24) is 0 Å². The SMILES string of the molecule is CCCOc1ccc(CO)c(OCc2ccc(O)cc2)c1. The van der Waals surface area contributed by atoms with Crippen LogP contribution in [0.1, 0.15) is 24.5 Å². The van der Waals surface area contributed by atoms with E-state index in [0.717, 1.165) is 23.3 Å². The lowest BCUT2D eigenvalue weighted by molar-refractivity contribution is 0.256. The highest BCUT2D eigenvalue weighted by atomic mass is 16.5. The monoisotopic (exact) mass is 288 g/mol. The Morgan fingerprint density at radius 1 is 1.00 bits per heavy atom. The zero-order valence-corrected chi connectivity index (χ0v) is 12.1. The van der Waals surface area contributed by atoms with E-state index in [9.17, 15) is 10.2 Å². The third-order valence-electron chi connectivity index (χ3n) is 3.01. The first kappa shape index (κ1) is 15.2. The van der Waals surface area contributed by atoms with Gasteiger partial charge in [-0.3, -0.25) is 0 Å². The Balaban J connectivity index is 2.07. The third-order valence-corrected chi connectivity index (χ3v) is 3.01. The predicted molar refractivity (Wildman–Crippen MR) is 80.6 cm³/mol. The second-order valence-electron chi connectivity index (χ2n) is 4.73. The summed E-state index contributed by atoms with van der Waals surface area (Å²) in [4.78, 5) is 0. The zero-order chi connectivity index (χ0) is 15.1. The molecule has 2 aromatic carbocycles. The second kappa shape index (κ2) is 7.55. The molecule has 0 aliphatic carbocycles. The maximum absolute atomic E-state index is 9.37. The highest BCUT2D eigenvalue weighted by Crippen LogP contribution is 2.26. The van der Waals surface area contributed by atoms with Gasteiger partial charge in [0.2, 0.25) is 0 Å². The van der Waals surface area contributed by atoms with E-state index in [1.54, 1.807) is 36.4 Å². The predicted octanol–water partition coefficient (Wildman–Crippen LogP) is 3.25. The Labute approximate surface area is 124 Å². The Morgan fingerprint density at radius 2 is 1.76 bits per heavy atom. The van der Waals surface area contributed by atoms with Gasteiger partial charge in [-0.05, 0) is 36.2 Å². The molecule has 0 saturated carbocycles. The van der Waals surface area contributed by atoms with E-state index in [1.165, 1.54) is 0 Å². The minimum Gasteiger partial charge on any atom is -0.508 e. The van der Waals surface area contributed by atoms with Crippen molar-refractivity contribution in [3.63, 3.8) is 0 Å². The van der Waals surface area contributed by atoms with Crippen LogP contribution >= 0.6 is 0 Å². The first-order valence-electron chi connectivity index (χ1n) is 7.00. The Kier molecular flexibility index (Phi) is 5.46. The van der Waals surface area contributed by atoms with Crippen LogP contribution in [0.5, 0.6) is 17.2 Å². The quantitative estimate of drug-likeness (QED) is 0.821. The van der Waals surface area contributed by atoms with E-state index >= 15 is 0 Å². The second-order valence-corrected chi connectivity index (χ2v) is 4.73. The van der Waals surface area contributed by atoms with Gasteiger partial charge in [0.25, 0.3) is 0 Å². The van der Waals surface area contributed by atoms with Gasteiger partial charge in [0.15, 0.2) is 0 Å². The molecule has 0 amide bonds. The largest absolute Gasteiger partial charge is 0.508 e. The summed E-state index contributed by atoms with van der Waals surface area (Å²) in [5.41, 5.74) is 1.66. The fraction of sp³-hybridized carbons (Fsp3) is 0.294. The number of aliphatic hydroxyl groups excluding tert-OH is 1. The lowest BCUT2D eigenvalue weighted by Gasteiger charge is -2.13. The molecule has 0 aliphatic rings. The van der Waals surface area contributed by atoms with Gasteiger partial charge in [-0.25, -0.2) is 0 Å². The molecule has 4 heteroatoms. The molecule has 2 rings (SSSR count). The Hall–Kier alpha value is -2.20. The first-order chi connectivity index (χ1) is 10.2. The van der Waals surface area contributed by atoms with E-state index in [4.69, 9.17) is 9.47 Å². The van der Waals surface area contributed by atoms with Gasteiger partial charge in [0, 0.05) is 11.6 Å². The number of rotatable bonds is 7. The summed E-state index contributed by atoms with van der Waals surface area (Å²) in [5.74, 6) is 1.57. The Morgan fingerprint density at radius 3 is 2.43 bits per heavy atom. The van der Waals surface area contributed by atoms with Gasteiger partial charge in [0.05, 0.1) is 13.2 Å². The van der Waals surface area contributed by atoms with Crippen LogP contribution in [-0.4, -0.2) is 16.8 Å². The fourth-order valence-corrected chi connectivity index (χ4v) is 1.86. The molecular formula is C17H20O4. The molecule has 0 fully saturated rings. The van der Waals surface area contributed by atoms with Crippen molar-refractivity contribution in [3.8, 4) is 17.2 Å². The lowest BCUT2D eigenvalue weighted by atomic mass is 10.2. The molecule has 4 nitrogen and oxygen atoms in total. The van der Waals surface area contributed by atoms with Crippen LogP contribution in [0.4, 0.5) is 0 Å². The lowest BCUT2D eigenvalue weighted by Crippen LogP contribution is -2.01. The fourth-order valence-electron chi connectivity index (χ4n) is 1.86. The van der Waals surface area contributed by atoms with Crippen molar-refractivity contribution in [2.24, 2.45) is 0 Å². The van der Waals surface area contributed by atoms with E-state index in [-0.39, 0.29) is 12.4 Å². The number of aromatic hydroxyl groups is 1. The summed E-state index contributed by atoms with van der Waals surface area (Å²) in [6.45, 7) is 2.98. The minimum atomic E-state index is -0.0844. The standard InChI is InChI=1S/C17H20O4/c1-2-9-20-16-8-5-14(11-18)17(10-16)21-12-13-3-6-15(19)7-4-13/h3-8,10,18-19H,2,9,11-12H2,1H3. The van der Waals surface area contributed by atoms with Gasteiger partial charge in [0.1, 0.15) is 23.9 Å². The Bertz CT molecular complexity index is 564. The summed E-state index contributed by atoms with van der Waals surface area (Å²) in [6, 6.07) is 12.3. The average molecular weight is 288 g/mol. The number of aliphatic hydroxyl groups is 1. The van der Waals surface area contributed by atoms with Crippen LogP contribution in [0.15, 0.2) is 42.5 Å². The number of phenols is 1. The minimum absolute atomic E-state index is 0.0844. The number of hydrogen-bond donors (Lipinski definition) is 2. The highest BCUT2D eigenvalue weighted by Gasteiger charge is 2.06. The van der Waals surface area contributed by atoms with Gasteiger partial charge >= 0.3 is 0 Å². The molecule has 0 aromatic heterocycles. The van der Waals surface area contributed by atoms with Crippen LogP contribution in [-0.2, 0) is 13.2 Å². The molecular weight excluding hydrogens is 268 g/mol. The van der Waals surface area contributed by atoms with Crippen LogP contribution in [0.25, 0.3) is 0 Å². The molecule has 2 aromatic rings. The van der Waals surface area contributed by atoms with Crippen molar-refractivity contribution in [3.05, 3.63) is 53.6 Å². The van der Waals surface area contributed by atoms with E-state index in [0.29, 0.717) is 19.0 Å². The summed E-state index contributed by atoms with van der Waals surface area (Å²) in [7, 11) is 0. The molecule has 2 N–H and O–H groups in total. The molecule has 0 saturated heterocycles. The molecule has 0 bridgehead atoms. The third kappa shape index (κ3) is 4.39. The first-order valence-corrected chi connectivity index (χ1v) is 7.00. The van der Waals surface area contributed by atoms with E-state index in [1.807, 2.05) is 13.0 Å². The molecule has 0 spiro atoms. The highest BCUT2D eigenvalue weighted by molar-refractivity contribution is 5.40. The van der Waals surface area contributed by atoms with Crippen LogP contribution in [0, 0.1) is 0 Å². The maximum atomic E-state index is 9.37. The van der Waals surface area contributed by atoms with Crippen molar-refractivity contribution >= 4 is 0 Å². The number of benzene rings is 2. The zero-order valence-electron chi connectivity index (χ0n) is 12.1. The van der Waals surface area contributed by atoms with Gasteiger partial charge < -0.3 is 19.7 Å². The molecule has 0 aliphatic heterocycles. The van der Waals surface area contributed by atoms with Gasteiger partial charge in [-0.1, -0.05) is 19.1 Å². The van der Waals surface area contributed by atoms with Crippen LogP contribution < -0.4 is 9.47 Å². The molecule has 0 radical (unpaired) electrons. The molecule has 0 atom stereocenters. The number of phenolic OH excluding ortho intramolecular Hbond substituents is 1. The van der Waals surface area contributed by atoms with Crippen molar-refractivity contribution in [2.75, 3.05) is 6.61 Å². The topological polar surface area (TPSA) is 58.9 Å². The summed E-state index contributed by atoms with van der Waals surface area (Å²) < 4.78 is 11.3. The molecule has 21 heavy (non-hydrogen) atoms. The normalized spacial score (nSPS) is 10.4.